The Morgan fingerprint density at radius 3 is 2.36 bits per heavy atom. The highest BCUT2D eigenvalue weighted by Crippen LogP contribution is 2.23. The average molecular weight is 352 g/mol. The first-order valence-electron chi connectivity index (χ1n) is 7.17. The van der Waals surface area contributed by atoms with E-state index in [0.717, 1.165) is 21.2 Å². The van der Waals surface area contributed by atoms with Crippen molar-refractivity contribution in [3.8, 4) is 6.07 Å². The third-order valence-electron chi connectivity index (χ3n) is 3.79. The number of halogens is 1. The molecule has 0 fully saturated rings. The second-order valence-corrected chi connectivity index (χ2v) is 6.29. The van der Waals surface area contributed by atoms with Gasteiger partial charge in [0, 0.05) is 4.47 Å². The van der Waals surface area contributed by atoms with Crippen LogP contribution in [0.3, 0.4) is 0 Å². The molecule has 0 radical (unpaired) electrons. The zero-order chi connectivity index (χ0) is 16.1. The average Bonchev–Trinajstić information content (AvgIpc) is 2.49. The van der Waals surface area contributed by atoms with E-state index in [1.165, 1.54) is 16.7 Å². The molecule has 0 spiro atoms. The predicted molar refractivity (Wildman–Crippen MR) is 96.6 cm³/mol. The molecule has 0 aliphatic carbocycles. The van der Waals surface area contributed by atoms with Crippen LogP contribution in [0.2, 0.25) is 0 Å². The molecule has 0 amide bonds. The van der Waals surface area contributed by atoms with Crippen molar-refractivity contribution in [3.63, 3.8) is 0 Å². The molecule has 0 atom stereocenters. The van der Waals surface area contributed by atoms with E-state index in [0.29, 0.717) is 6.42 Å². The Kier molecular flexibility index (Phi) is 5.39. The summed E-state index contributed by atoms with van der Waals surface area (Å²) in [7, 11) is 0. The molecule has 0 bridgehead atoms. The molecule has 0 aliphatic rings. The van der Waals surface area contributed by atoms with E-state index in [9.17, 15) is 0 Å². The highest BCUT2D eigenvalue weighted by Gasteiger charge is 2.08. The van der Waals surface area contributed by atoms with Crippen LogP contribution in [0.25, 0.3) is 12.2 Å². The van der Waals surface area contributed by atoms with E-state index >= 15 is 0 Å². The fourth-order valence-corrected chi connectivity index (χ4v) is 2.86. The molecule has 0 aliphatic heterocycles. The monoisotopic (exact) mass is 351 g/mol. The fourth-order valence-electron chi connectivity index (χ4n) is 2.60. The molecule has 2 heteroatoms. The topological polar surface area (TPSA) is 23.8 Å². The van der Waals surface area contributed by atoms with Gasteiger partial charge in [0.2, 0.25) is 0 Å². The van der Waals surface area contributed by atoms with Gasteiger partial charge in [0.05, 0.1) is 12.5 Å². The lowest BCUT2D eigenvalue weighted by atomic mass is 9.92. The van der Waals surface area contributed by atoms with Crippen molar-refractivity contribution in [2.45, 2.75) is 27.2 Å². The Balaban J connectivity index is 2.40. The molecule has 0 unspecified atom stereocenters. The maximum Gasteiger partial charge on any atom is 0.0669 e. The Labute approximate surface area is 140 Å². The molecule has 2 aromatic rings. The minimum absolute atomic E-state index is 0.454. The second kappa shape index (κ2) is 7.27. The first-order chi connectivity index (χ1) is 10.5. The largest absolute Gasteiger partial charge is 0.198 e. The zero-order valence-electron chi connectivity index (χ0n) is 13.1. The first-order valence-corrected chi connectivity index (χ1v) is 7.97. The molecule has 110 valence electrons. The Bertz CT molecular complexity index is 786. The second-order valence-electron chi connectivity index (χ2n) is 5.37. The van der Waals surface area contributed by atoms with Gasteiger partial charge in [-0.3, -0.25) is 0 Å². The molecule has 0 saturated carbocycles. The molecule has 0 saturated heterocycles. The lowest BCUT2D eigenvalue weighted by Crippen LogP contribution is -1.98. The van der Waals surface area contributed by atoms with Crippen LogP contribution in [0.15, 0.2) is 40.5 Å². The van der Waals surface area contributed by atoms with Crippen LogP contribution in [0.1, 0.15) is 33.4 Å². The molecule has 0 aromatic heterocycles. The molecule has 22 heavy (non-hydrogen) atoms. The smallest absolute Gasteiger partial charge is 0.0669 e. The summed E-state index contributed by atoms with van der Waals surface area (Å²) in [5, 5.41) is 8.99. The maximum atomic E-state index is 8.99. The Morgan fingerprint density at radius 1 is 1.05 bits per heavy atom. The van der Waals surface area contributed by atoms with Crippen LogP contribution in [0, 0.1) is 32.1 Å². The zero-order valence-corrected chi connectivity index (χ0v) is 14.7. The molecule has 1 nitrogen and oxygen atoms in total. The maximum absolute atomic E-state index is 8.99. The SMILES string of the molecule is Cc1cc(C)c(CC#N)c(C)c1C=C=Cc1ccc(Br)cc1. The van der Waals surface area contributed by atoms with Crippen molar-refractivity contribution < 1.29 is 0 Å². The quantitative estimate of drug-likeness (QED) is 0.644. The number of hydrogen-bond acceptors (Lipinski definition) is 1. The highest BCUT2D eigenvalue weighted by molar-refractivity contribution is 9.10. The minimum Gasteiger partial charge on any atom is -0.198 e. The predicted octanol–water partition coefficient (Wildman–Crippen LogP) is 5.77. The summed E-state index contributed by atoms with van der Waals surface area (Å²) >= 11 is 3.43. The minimum atomic E-state index is 0.454. The molecule has 0 heterocycles. The lowest BCUT2D eigenvalue weighted by molar-refractivity contribution is 1.15. The molecular formula is C20H18BrN. The van der Waals surface area contributed by atoms with Crippen LogP contribution in [0.5, 0.6) is 0 Å². The van der Waals surface area contributed by atoms with E-state index in [4.69, 9.17) is 5.26 Å². The molecule has 0 N–H and O–H groups in total. The Morgan fingerprint density at radius 2 is 1.73 bits per heavy atom. The molecule has 2 rings (SSSR count). The lowest BCUT2D eigenvalue weighted by Gasteiger charge is -2.12. The van der Waals surface area contributed by atoms with Crippen LogP contribution in [0.4, 0.5) is 0 Å². The van der Waals surface area contributed by atoms with Gasteiger partial charge in [-0.2, -0.15) is 5.26 Å². The van der Waals surface area contributed by atoms with Crippen molar-refractivity contribution in [2.24, 2.45) is 0 Å². The van der Waals surface area contributed by atoms with Crippen LogP contribution in [-0.2, 0) is 6.42 Å². The third-order valence-corrected chi connectivity index (χ3v) is 4.32. The van der Waals surface area contributed by atoms with Gasteiger partial charge in [0.15, 0.2) is 0 Å². The first kappa shape index (κ1) is 16.3. The van der Waals surface area contributed by atoms with Crippen molar-refractivity contribution in [1.82, 2.24) is 0 Å². The van der Waals surface area contributed by atoms with Gasteiger partial charge in [0.1, 0.15) is 0 Å². The number of nitriles is 1. The summed E-state index contributed by atoms with van der Waals surface area (Å²) in [5.41, 5.74) is 10.2. The number of rotatable bonds is 3. The van der Waals surface area contributed by atoms with Gasteiger partial charge in [0.25, 0.3) is 0 Å². The third kappa shape index (κ3) is 3.77. The summed E-state index contributed by atoms with van der Waals surface area (Å²) in [6, 6.07) is 12.5. The van der Waals surface area contributed by atoms with Crippen LogP contribution in [-0.4, -0.2) is 0 Å². The normalized spacial score (nSPS) is 9.77. The van der Waals surface area contributed by atoms with Gasteiger partial charge >= 0.3 is 0 Å². The summed E-state index contributed by atoms with van der Waals surface area (Å²) in [5.74, 6) is 0. The highest BCUT2D eigenvalue weighted by atomic mass is 79.9. The number of aryl methyl sites for hydroxylation is 2. The van der Waals surface area contributed by atoms with E-state index < -0.39 is 0 Å². The van der Waals surface area contributed by atoms with E-state index in [2.05, 4.69) is 54.6 Å². The van der Waals surface area contributed by atoms with Crippen LogP contribution >= 0.6 is 15.9 Å². The van der Waals surface area contributed by atoms with Crippen molar-refractivity contribution in [3.05, 3.63) is 73.9 Å². The van der Waals surface area contributed by atoms with Crippen LogP contribution < -0.4 is 0 Å². The summed E-state index contributed by atoms with van der Waals surface area (Å²) in [4.78, 5) is 0. The van der Waals surface area contributed by atoms with Crippen molar-refractivity contribution in [2.75, 3.05) is 0 Å². The number of nitrogens with zero attached hydrogens (tertiary/aromatic N) is 1. The summed E-state index contributed by atoms with van der Waals surface area (Å²) in [6.07, 6.45) is 4.43. The van der Waals surface area contributed by atoms with Crippen molar-refractivity contribution in [1.29, 1.82) is 5.26 Å². The molecular weight excluding hydrogens is 334 g/mol. The van der Waals surface area contributed by atoms with Gasteiger partial charge in [-0.15, -0.1) is 5.73 Å². The van der Waals surface area contributed by atoms with Gasteiger partial charge in [-0.1, -0.05) is 34.1 Å². The van der Waals surface area contributed by atoms with Gasteiger partial charge in [-0.25, -0.2) is 0 Å². The number of benzene rings is 2. The van der Waals surface area contributed by atoms with E-state index in [-0.39, 0.29) is 0 Å². The van der Waals surface area contributed by atoms with E-state index in [1.54, 1.807) is 0 Å². The standard InChI is InChI=1S/C20H18BrN/c1-14-13-15(2)20(11-12-22)16(3)19(14)6-4-5-17-7-9-18(21)10-8-17/h5-10,13H,11H2,1-3H3. The summed E-state index contributed by atoms with van der Waals surface area (Å²) in [6.45, 7) is 6.25. The van der Waals surface area contributed by atoms with Gasteiger partial charge in [-0.05, 0) is 78.4 Å². The summed E-state index contributed by atoms with van der Waals surface area (Å²) < 4.78 is 1.07. The van der Waals surface area contributed by atoms with Gasteiger partial charge < -0.3 is 0 Å². The number of hydrogen-bond donors (Lipinski definition) is 0. The fraction of sp³-hybridized carbons (Fsp3) is 0.200. The Hall–Kier alpha value is -2.07. The van der Waals surface area contributed by atoms with Crippen molar-refractivity contribution >= 4 is 28.1 Å². The van der Waals surface area contributed by atoms with E-state index in [1.807, 2.05) is 36.4 Å². The molecule has 2 aromatic carbocycles.